The van der Waals surface area contributed by atoms with E-state index in [1.807, 2.05) is 0 Å². The highest BCUT2D eigenvalue weighted by Crippen LogP contribution is 2.13. The lowest BCUT2D eigenvalue weighted by Crippen LogP contribution is -2.40. The van der Waals surface area contributed by atoms with Gasteiger partial charge >= 0.3 is 0 Å². The van der Waals surface area contributed by atoms with Crippen molar-refractivity contribution in [2.45, 2.75) is 0 Å². The predicted octanol–water partition coefficient (Wildman–Crippen LogP) is 0.334. The Labute approximate surface area is 135 Å². The molecule has 2 rings (SSSR count). The van der Waals surface area contributed by atoms with E-state index in [1.165, 1.54) is 0 Å². The van der Waals surface area contributed by atoms with Gasteiger partial charge in [-0.15, -0.1) is 0 Å². The number of rotatable bonds is 7. The molecular formula is C16H23N3O4. The Morgan fingerprint density at radius 1 is 1.30 bits per heavy atom. The van der Waals surface area contributed by atoms with Crippen LogP contribution in [-0.4, -0.2) is 69.8 Å². The molecule has 0 unspecified atom stereocenters. The summed E-state index contributed by atoms with van der Waals surface area (Å²) in [6, 6.07) is 6.99. The first-order valence-corrected chi connectivity index (χ1v) is 7.67. The van der Waals surface area contributed by atoms with E-state index in [4.69, 9.17) is 9.47 Å². The van der Waals surface area contributed by atoms with Crippen LogP contribution in [0.4, 0.5) is 5.69 Å². The second-order valence-electron chi connectivity index (χ2n) is 5.20. The summed E-state index contributed by atoms with van der Waals surface area (Å²) in [4.78, 5) is 26.0. The van der Waals surface area contributed by atoms with Crippen molar-refractivity contribution in [3.63, 3.8) is 0 Å². The summed E-state index contributed by atoms with van der Waals surface area (Å²) >= 11 is 0. The predicted molar refractivity (Wildman–Crippen MR) is 86.5 cm³/mol. The molecule has 0 spiro atoms. The van der Waals surface area contributed by atoms with Gasteiger partial charge in [-0.3, -0.25) is 9.59 Å². The maximum atomic E-state index is 12.4. The molecule has 2 amide bonds. The molecule has 1 aliphatic rings. The molecular weight excluding hydrogens is 298 g/mol. The number of benzene rings is 1. The van der Waals surface area contributed by atoms with Crippen LogP contribution in [0.3, 0.4) is 0 Å². The topological polar surface area (TPSA) is 79.9 Å². The average Bonchev–Trinajstić information content (AvgIpc) is 2.59. The van der Waals surface area contributed by atoms with Crippen molar-refractivity contribution in [3.8, 4) is 0 Å². The summed E-state index contributed by atoms with van der Waals surface area (Å²) in [7, 11) is 1.61. The van der Waals surface area contributed by atoms with Gasteiger partial charge in [0.15, 0.2) is 0 Å². The van der Waals surface area contributed by atoms with E-state index in [-0.39, 0.29) is 18.4 Å². The first kappa shape index (κ1) is 17.4. The van der Waals surface area contributed by atoms with E-state index >= 15 is 0 Å². The third kappa shape index (κ3) is 5.63. The minimum atomic E-state index is -0.155. The SMILES string of the molecule is COCCNCC(=O)Nc1cccc(C(=O)N2CCOCC2)c1. The molecule has 1 saturated heterocycles. The minimum Gasteiger partial charge on any atom is -0.383 e. The quantitative estimate of drug-likeness (QED) is 0.708. The van der Waals surface area contributed by atoms with Crippen LogP contribution in [-0.2, 0) is 14.3 Å². The molecule has 0 atom stereocenters. The third-order valence-electron chi connectivity index (χ3n) is 3.46. The molecule has 1 aromatic carbocycles. The van der Waals surface area contributed by atoms with Crippen LogP contribution in [0, 0.1) is 0 Å². The smallest absolute Gasteiger partial charge is 0.254 e. The van der Waals surface area contributed by atoms with Crippen molar-refractivity contribution in [1.82, 2.24) is 10.2 Å². The van der Waals surface area contributed by atoms with Crippen LogP contribution < -0.4 is 10.6 Å². The average molecular weight is 321 g/mol. The first-order valence-electron chi connectivity index (χ1n) is 7.67. The summed E-state index contributed by atoms with van der Waals surface area (Å²) in [5.41, 5.74) is 1.18. The summed E-state index contributed by atoms with van der Waals surface area (Å²) < 4.78 is 10.1. The molecule has 0 radical (unpaired) electrons. The van der Waals surface area contributed by atoms with Gasteiger partial charge in [0.05, 0.1) is 26.4 Å². The van der Waals surface area contributed by atoms with Gasteiger partial charge < -0.3 is 25.0 Å². The highest BCUT2D eigenvalue weighted by molar-refractivity contribution is 5.97. The first-order chi connectivity index (χ1) is 11.2. The number of hydrogen-bond acceptors (Lipinski definition) is 5. The van der Waals surface area contributed by atoms with Crippen LogP contribution in [0.1, 0.15) is 10.4 Å². The van der Waals surface area contributed by atoms with Gasteiger partial charge in [0, 0.05) is 38.0 Å². The Morgan fingerprint density at radius 2 is 2.09 bits per heavy atom. The molecule has 7 nitrogen and oxygen atoms in total. The largest absolute Gasteiger partial charge is 0.383 e. The molecule has 126 valence electrons. The molecule has 0 bridgehead atoms. The van der Waals surface area contributed by atoms with Crippen molar-refractivity contribution >= 4 is 17.5 Å². The van der Waals surface area contributed by atoms with Crippen LogP contribution in [0.5, 0.6) is 0 Å². The molecule has 1 heterocycles. The zero-order valence-corrected chi connectivity index (χ0v) is 13.3. The lowest BCUT2D eigenvalue weighted by molar-refractivity contribution is -0.115. The number of nitrogens with zero attached hydrogens (tertiary/aromatic N) is 1. The molecule has 1 aliphatic heterocycles. The van der Waals surface area contributed by atoms with Gasteiger partial charge in [-0.1, -0.05) is 6.07 Å². The Morgan fingerprint density at radius 3 is 2.83 bits per heavy atom. The fraction of sp³-hybridized carbons (Fsp3) is 0.500. The van der Waals surface area contributed by atoms with E-state index in [9.17, 15) is 9.59 Å². The second-order valence-corrected chi connectivity index (χ2v) is 5.20. The van der Waals surface area contributed by atoms with Crippen molar-refractivity contribution in [1.29, 1.82) is 0 Å². The number of carbonyl (C=O) groups excluding carboxylic acids is 2. The summed E-state index contributed by atoms with van der Waals surface area (Å²) in [5.74, 6) is -0.195. The zero-order chi connectivity index (χ0) is 16.5. The summed E-state index contributed by atoms with van der Waals surface area (Å²) in [6.45, 7) is 3.68. The Hall–Kier alpha value is -1.96. The van der Waals surface area contributed by atoms with Gasteiger partial charge in [0.1, 0.15) is 0 Å². The second kappa shape index (κ2) is 9.24. The number of amides is 2. The standard InChI is InChI=1S/C16H23N3O4/c1-22-8-5-17-12-15(20)18-14-4-2-3-13(11-14)16(21)19-6-9-23-10-7-19/h2-4,11,17H,5-10,12H2,1H3,(H,18,20). The van der Waals surface area contributed by atoms with Crippen LogP contribution in [0.15, 0.2) is 24.3 Å². The van der Waals surface area contributed by atoms with Gasteiger partial charge in [-0.2, -0.15) is 0 Å². The molecule has 7 heteroatoms. The number of nitrogens with one attached hydrogen (secondary N) is 2. The maximum absolute atomic E-state index is 12.4. The number of hydrogen-bond donors (Lipinski definition) is 2. The normalized spacial score (nSPS) is 14.6. The van der Waals surface area contributed by atoms with Gasteiger partial charge in [0.2, 0.25) is 5.91 Å². The fourth-order valence-electron chi connectivity index (χ4n) is 2.26. The maximum Gasteiger partial charge on any atom is 0.254 e. The molecule has 2 N–H and O–H groups in total. The van der Waals surface area contributed by atoms with E-state index in [1.54, 1.807) is 36.3 Å². The number of ether oxygens (including phenoxy) is 2. The summed E-state index contributed by atoms with van der Waals surface area (Å²) in [6.07, 6.45) is 0. The van der Waals surface area contributed by atoms with Crippen LogP contribution >= 0.6 is 0 Å². The van der Waals surface area contributed by atoms with Crippen LogP contribution in [0.25, 0.3) is 0 Å². The van der Waals surface area contributed by atoms with Crippen LogP contribution in [0.2, 0.25) is 0 Å². The minimum absolute atomic E-state index is 0.0392. The van der Waals surface area contributed by atoms with Crippen molar-refractivity contribution in [3.05, 3.63) is 29.8 Å². The number of anilines is 1. The lowest BCUT2D eigenvalue weighted by Gasteiger charge is -2.27. The third-order valence-corrected chi connectivity index (χ3v) is 3.46. The van der Waals surface area contributed by atoms with Crippen molar-refractivity contribution in [2.24, 2.45) is 0 Å². The van der Waals surface area contributed by atoms with E-state index in [0.717, 1.165) is 0 Å². The monoisotopic (exact) mass is 321 g/mol. The molecule has 1 aromatic rings. The summed E-state index contributed by atoms with van der Waals surface area (Å²) in [5, 5.41) is 5.75. The molecule has 0 aromatic heterocycles. The van der Waals surface area contributed by atoms with E-state index < -0.39 is 0 Å². The van der Waals surface area contributed by atoms with Crippen molar-refractivity contribution in [2.75, 3.05) is 58.4 Å². The van der Waals surface area contributed by atoms with Gasteiger partial charge in [0.25, 0.3) is 5.91 Å². The zero-order valence-electron chi connectivity index (χ0n) is 13.3. The van der Waals surface area contributed by atoms with E-state index in [2.05, 4.69) is 10.6 Å². The fourth-order valence-corrected chi connectivity index (χ4v) is 2.26. The number of carbonyl (C=O) groups is 2. The molecule has 1 fully saturated rings. The number of morpholine rings is 1. The Kier molecular flexibility index (Phi) is 6.99. The van der Waals surface area contributed by atoms with Gasteiger partial charge in [-0.25, -0.2) is 0 Å². The molecule has 0 aliphatic carbocycles. The Balaban J connectivity index is 1.88. The lowest BCUT2D eigenvalue weighted by atomic mass is 10.1. The molecule has 23 heavy (non-hydrogen) atoms. The number of methoxy groups -OCH3 is 1. The highest BCUT2D eigenvalue weighted by Gasteiger charge is 2.18. The highest BCUT2D eigenvalue weighted by atomic mass is 16.5. The van der Waals surface area contributed by atoms with E-state index in [0.29, 0.717) is 50.7 Å². The van der Waals surface area contributed by atoms with Crippen molar-refractivity contribution < 1.29 is 19.1 Å². The van der Waals surface area contributed by atoms with Gasteiger partial charge in [-0.05, 0) is 18.2 Å². The molecule has 0 saturated carbocycles. The Bertz CT molecular complexity index is 530.